The molecule has 7 nitrogen and oxygen atoms in total. The van der Waals surface area contributed by atoms with Crippen LogP contribution in [0.3, 0.4) is 0 Å². The Morgan fingerprint density at radius 3 is 2.22 bits per heavy atom. The predicted octanol–water partition coefficient (Wildman–Crippen LogP) is 3.63. The molecule has 3 N–H and O–H groups in total. The van der Waals surface area contributed by atoms with Gasteiger partial charge in [-0.15, -0.1) is 0 Å². The molecule has 32 heavy (non-hydrogen) atoms. The van der Waals surface area contributed by atoms with Gasteiger partial charge in [0.25, 0.3) is 5.91 Å². The molecule has 0 saturated carbocycles. The Hall–Kier alpha value is -3.56. The van der Waals surface area contributed by atoms with E-state index in [1.807, 2.05) is 0 Å². The average Bonchev–Trinajstić information content (AvgIpc) is 2.75. The molecule has 0 spiro atoms. The summed E-state index contributed by atoms with van der Waals surface area (Å²) in [7, 11) is -4.07. The molecular formula is C23H21FN2O5S. The van der Waals surface area contributed by atoms with Crippen molar-refractivity contribution in [1.29, 1.82) is 0 Å². The van der Waals surface area contributed by atoms with E-state index in [1.165, 1.54) is 30.3 Å². The van der Waals surface area contributed by atoms with Gasteiger partial charge in [0.1, 0.15) is 5.82 Å². The van der Waals surface area contributed by atoms with Gasteiger partial charge in [-0.05, 0) is 61.4 Å². The lowest BCUT2D eigenvalue weighted by atomic mass is 10.1. The Bertz CT molecular complexity index is 1260. The molecule has 1 unspecified atom stereocenters. The van der Waals surface area contributed by atoms with Crippen molar-refractivity contribution >= 4 is 27.6 Å². The number of benzene rings is 3. The predicted molar refractivity (Wildman–Crippen MR) is 117 cm³/mol. The van der Waals surface area contributed by atoms with E-state index >= 15 is 0 Å². The summed E-state index contributed by atoms with van der Waals surface area (Å²) in [5, 5.41) is 7.84. The summed E-state index contributed by atoms with van der Waals surface area (Å²) < 4.78 is 42.4. The minimum Gasteiger partial charge on any atom is -0.444 e. The van der Waals surface area contributed by atoms with Gasteiger partial charge in [0, 0.05) is 11.3 Å². The second-order valence-electron chi connectivity index (χ2n) is 7.15. The number of carbonyl (C=O) groups is 2. The summed E-state index contributed by atoms with van der Waals surface area (Å²) in [4.78, 5) is 25.6. The molecule has 3 aromatic rings. The van der Waals surface area contributed by atoms with Gasteiger partial charge >= 0.3 is 5.97 Å². The number of aryl methyl sites for hydroxylation is 1. The topological polar surface area (TPSA) is 116 Å². The standard InChI is InChI=1S/C23H21FN2O5S/c1-14-12-17(13-20(15(14)2)32(25,29)30)23(28)31-21(16-6-4-3-5-7-16)22(27)26-19-10-8-18(24)9-11-19/h3-13,21H,1-2H3,(H,26,27)(H2,25,29,30). The number of sulfonamides is 1. The SMILES string of the molecule is Cc1cc(C(=O)OC(C(=O)Nc2ccc(F)cc2)c2ccccc2)cc(S(N)(=O)=O)c1C. The van der Waals surface area contributed by atoms with Gasteiger partial charge in [-0.2, -0.15) is 0 Å². The number of hydrogen-bond donors (Lipinski definition) is 2. The molecule has 1 atom stereocenters. The summed E-state index contributed by atoms with van der Waals surface area (Å²) in [5.74, 6) is -2.03. The van der Waals surface area contributed by atoms with Crippen molar-refractivity contribution in [2.45, 2.75) is 24.8 Å². The van der Waals surface area contributed by atoms with E-state index in [9.17, 15) is 22.4 Å². The maximum absolute atomic E-state index is 13.2. The number of nitrogens with one attached hydrogen (secondary N) is 1. The summed E-state index contributed by atoms with van der Waals surface area (Å²) >= 11 is 0. The van der Waals surface area contributed by atoms with Crippen molar-refractivity contribution in [2.24, 2.45) is 5.14 Å². The highest BCUT2D eigenvalue weighted by Crippen LogP contribution is 2.25. The Balaban J connectivity index is 1.93. The van der Waals surface area contributed by atoms with Crippen LogP contribution in [0.2, 0.25) is 0 Å². The maximum Gasteiger partial charge on any atom is 0.339 e. The highest BCUT2D eigenvalue weighted by atomic mass is 32.2. The van der Waals surface area contributed by atoms with Crippen LogP contribution in [0.25, 0.3) is 0 Å². The van der Waals surface area contributed by atoms with Crippen LogP contribution >= 0.6 is 0 Å². The average molecular weight is 456 g/mol. The molecule has 1 amide bonds. The number of esters is 1. The van der Waals surface area contributed by atoms with Crippen molar-refractivity contribution in [3.63, 3.8) is 0 Å². The highest BCUT2D eigenvalue weighted by molar-refractivity contribution is 7.89. The molecule has 0 fully saturated rings. The largest absolute Gasteiger partial charge is 0.444 e. The van der Waals surface area contributed by atoms with Crippen LogP contribution in [-0.2, 0) is 19.6 Å². The molecule has 166 valence electrons. The van der Waals surface area contributed by atoms with Gasteiger partial charge < -0.3 is 10.1 Å². The lowest BCUT2D eigenvalue weighted by molar-refractivity contribution is -0.125. The molecule has 0 aromatic heterocycles. The van der Waals surface area contributed by atoms with Crippen LogP contribution < -0.4 is 10.5 Å². The first kappa shape index (κ1) is 23.1. The van der Waals surface area contributed by atoms with Crippen LogP contribution in [0.4, 0.5) is 10.1 Å². The molecule has 0 aliphatic carbocycles. The fourth-order valence-corrected chi connectivity index (χ4v) is 3.94. The quantitative estimate of drug-likeness (QED) is 0.550. The van der Waals surface area contributed by atoms with Crippen molar-refractivity contribution in [2.75, 3.05) is 5.32 Å². The van der Waals surface area contributed by atoms with E-state index in [2.05, 4.69) is 5.32 Å². The monoisotopic (exact) mass is 456 g/mol. The first-order valence-corrected chi connectivity index (χ1v) is 11.1. The number of rotatable bonds is 6. The zero-order valence-corrected chi connectivity index (χ0v) is 18.1. The number of anilines is 1. The fraction of sp³-hybridized carbons (Fsp3) is 0.130. The number of primary sulfonamides is 1. The molecule has 0 bridgehead atoms. The number of halogens is 1. The zero-order valence-electron chi connectivity index (χ0n) is 17.3. The summed E-state index contributed by atoms with van der Waals surface area (Å²) in [6, 6.07) is 16.0. The van der Waals surface area contributed by atoms with Gasteiger partial charge in [0.05, 0.1) is 10.5 Å². The molecule has 0 saturated heterocycles. The van der Waals surface area contributed by atoms with E-state index in [4.69, 9.17) is 9.88 Å². The third kappa shape index (κ3) is 5.37. The Labute approximate surface area is 185 Å². The van der Waals surface area contributed by atoms with Gasteiger partial charge in [0.15, 0.2) is 0 Å². The summed E-state index contributed by atoms with van der Waals surface area (Å²) in [6.45, 7) is 3.21. The van der Waals surface area contributed by atoms with Crippen LogP contribution in [0.5, 0.6) is 0 Å². The molecule has 0 aliphatic heterocycles. The first-order chi connectivity index (χ1) is 15.1. The third-order valence-electron chi connectivity index (χ3n) is 4.84. The maximum atomic E-state index is 13.2. The van der Waals surface area contributed by atoms with Crippen LogP contribution in [-0.4, -0.2) is 20.3 Å². The van der Waals surface area contributed by atoms with Gasteiger partial charge in [0.2, 0.25) is 16.1 Å². The molecule has 0 aliphatic rings. The summed E-state index contributed by atoms with van der Waals surface area (Å²) in [6.07, 6.45) is -1.34. The van der Waals surface area contributed by atoms with E-state index in [0.717, 1.165) is 6.07 Å². The number of amides is 1. The number of carbonyl (C=O) groups excluding carboxylic acids is 2. The molecular weight excluding hydrogens is 435 g/mol. The van der Waals surface area contributed by atoms with E-state index in [0.29, 0.717) is 22.4 Å². The van der Waals surface area contributed by atoms with Gasteiger partial charge in [-0.25, -0.2) is 22.7 Å². The zero-order chi connectivity index (χ0) is 23.5. The minimum absolute atomic E-state index is 0.0624. The number of hydrogen-bond acceptors (Lipinski definition) is 5. The number of nitrogens with two attached hydrogens (primary N) is 1. The molecule has 0 heterocycles. The van der Waals surface area contributed by atoms with Gasteiger partial charge in [-0.3, -0.25) is 4.79 Å². The molecule has 0 radical (unpaired) electrons. The number of ether oxygens (including phenoxy) is 1. The fourth-order valence-electron chi connectivity index (χ4n) is 3.06. The second-order valence-corrected chi connectivity index (χ2v) is 8.68. The van der Waals surface area contributed by atoms with Crippen molar-refractivity contribution in [1.82, 2.24) is 0 Å². The lowest BCUT2D eigenvalue weighted by Crippen LogP contribution is -2.26. The van der Waals surface area contributed by atoms with E-state index in [-0.39, 0.29) is 10.5 Å². The van der Waals surface area contributed by atoms with Crippen molar-refractivity contribution in [3.8, 4) is 0 Å². The smallest absolute Gasteiger partial charge is 0.339 e. The molecule has 3 aromatic carbocycles. The van der Waals surface area contributed by atoms with Crippen molar-refractivity contribution < 1.29 is 27.1 Å². The lowest BCUT2D eigenvalue weighted by Gasteiger charge is -2.19. The van der Waals surface area contributed by atoms with Crippen LogP contribution in [0.1, 0.15) is 33.2 Å². The molecule has 9 heteroatoms. The minimum atomic E-state index is -4.07. The highest BCUT2D eigenvalue weighted by Gasteiger charge is 2.27. The second kappa shape index (κ2) is 9.29. The van der Waals surface area contributed by atoms with Crippen LogP contribution in [0.15, 0.2) is 71.6 Å². The Morgan fingerprint density at radius 1 is 1.00 bits per heavy atom. The third-order valence-corrected chi connectivity index (χ3v) is 5.88. The Kier molecular flexibility index (Phi) is 6.71. The van der Waals surface area contributed by atoms with E-state index in [1.54, 1.807) is 44.2 Å². The van der Waals surface area contributed by atoms with Crippen molar-refractivity contribution in [3.05, 3.63) is 94.8 Å². The van der Waals surface area contributed by atoms with Gasteiger partial charge in [-0.1, -0.05) is 30.3 Å². The molecule has 3 rings (SSSR count). The van der Waals surface area contributed by atoms with E-state index < -0.39 is 33.8 Å². The first-order valence-electron chi connectivity index (χ1n) is 9.52. The normalized spacial score (nSPS) is 12.1. The Morgan fingerprint density at radius 2 is 1.62 bits per heavy atom. The summed E-state index contributed by atoms with van der Waals surface area (Å²) in [5.41, 5.74) is 1.59. The van der Waals surface area contributed by atoms with Crippen LogP contribution in [0, 0.1) is 19.7 Å².